The number of aryl methyl sites for hydroxylation is 1. The smallest absolute Gasteiger partial charge is 0.226 e. The van der Waals surface area contributed by atoms with Gasteiger partial charge in [-0.25, -0.2) is 4.98 Å². The third kappa shape index (κ3) is 5.49. The summed E-state index contributed by atoms with van der Waals surface area (Å²) in [6.45, 7) is 8.64. The fourth-order valence-corrected chi connectivity index (χ4v) is 1.28. The van der Waals surface area contributed by atoms with Crippen LogP contribution in [0.5, 0.6) is 5.88 Å². The van der Waals surface area contributed by atoms with E-state index in [9.17, 15) is 0 Å². The number of anilines is 1. The molecule has 1 heterocycles. The third-order valence-corrected chi connectivity index (χ3v) is 2.05. The highest BCUT2D eigenvalue weighted by Crippen LogP contribution is 2.11. The minimum absolute atomic E-state index is 0.511. The topological polar surface area (TPSA) is 56.3 Å². The van der Waals surface area contributed by atoms with E-state index < -0.39 is 0 Å². The van der Waals surface area contributed by atoms with Crippen LogP contribution in [0.1, 0.15) is 26.0 Å². The SMILES string of the molecule is CCCNc1nc(C)cc(OCCOCC)n1. The van der Waals surface area contributed by atoms with E-state index in [1.807, 2.05) is 19.9 Å². The highest BCUT2D eigenvalue weighted by molar-refractivity contribution is 5.30. The standard InChI is InChI=1S/C12H21N3O2/c1-4-6-13-12-14-10(3)9-11(15-12)17-8-7-16-5-2/h9H,4-8H2,1-3H3,(H,13,14,15). The molecule has 0 unspecified atom stereocenters. The summed E-state index contributed by atoms with van der Waals surface area (Å²) in [7, 11) is 0. The first-order valence-electron chi connectivity index (χ1n) is 6.06. The lowest BCUT2D eigenvalue weighted by molar-refractivity contribution is 0.108. The Bertz CT molecular complexity index is 332. The molecule has 0 saturated carbocycles. The summed E-state index contributed by atoms with van der Waals surface area (Å²) < 4.78 is 10.7. The Balaban J connectivity index is 2.50. The Kier molecular flexibility index (Phi) is 6.32. The second-order valence-electron chi connectivity index (χ2n) is 3.64. The summed E-state index contributed by atoms with van der Waals surface area (Å²) in [5.74, 6) is 1.22. The number of rotatable bonds is 8. The van der Waals surface area contributed by atoms with Crippen molar-refractivity contribution in [3.63, 3.8) is 0 Å². The molecule has 0 spiro atoms. The number of hydrogen-bond donors (Lipinski definition) is 1. The van der Waals surface area contributed by atoms with Crippen molar-refractivity contribution in [1.82, 2.24) is 9.97 Å². The van der Waals surface area contributed by atoms with Gasteiger partial charge in [0.2, 0.25) is 11.8 Å². The van der Waals surface area contributed by atoms with Gasteiger partial charge in [-0.2, -0.15) is 4.98 Å². The van der Waals surface area contributed by atoms with Crippen molar-refractivity contribution >= 4 is 5.95 Å². The first kappa shape index (κ1) is 13.7. The molecule has 0 atom stereocenters. The van der Waals surface area contributed by atoms with Crippen molar-refractivity contribution in [2.45, 2.75) is 27.2 Å². The predicted octanol–water partition coefficient (Wildman–Crippen LogP) is 2.02. The van der Waals surface area contributed by atoms with Gasteiger partial charge in [0.05, 0.1) is 6.61 Å². The van der Waals surface area contributed by atoms with E-state index in [2.05, 4.69) is 22.2 Å². The summed E-state index contributed by atoms with van der Waals surface area (Å²) >= 11 is 0. The Hall–Kier alpha value is -1.36. The van der Waals surface area contributed by atoms with Crippen LogP contribution in [-0.4, -0.2) is 36.3 Å². The van der Waals surface area contributed by atoms with Crippen molar-refractivity contribution in [3.8, 4) is 5.88 Å². The van der Waals surface area contributed by atoms with E-state index in [4.69, 9.17) is 9.47 Å². The molecule has 0 fully saturated rings. The summed E-state index contributed by atoms with van der Waals surface area (Å²) in [6.07, 6.45) is 1.04. The molecule has 0 saturated heterocycles. The van der Waals surface area contributed by atoms with Crippen molar-refractivity contribution in [1.29, 1.82) is 0 Å². The second kappa shape index (κ2) is 7.84. The van der Waals surface area contributed by atoms with E-state index in [0.717, 1.165) is 18.7 Å². The Morgan fingerprint density at radius 1 is 1.24 bits per heavy atom. The van der Waals surface area contributed by atoms with Gasteiger partial charge in [-0.05, 0) is 20.3 Å². The Morgan fingerprint density at radius 2 is 2.06 bits per heavy atom. The third-order valence-electron chi connectivity index (χ3n) is 2.05. The number of ether oxygens (including phenoxy) is 2. The zero-order valence-corrected chi connectivity index (χ0v) is 10.8. The molecular formula is C12H21N3O2. The Morgan fingerprint density at radius 3 is 2.76 bits per heavy atom. The number of aromatic nitrogens is 2. The van der Waals surface area contributed by atoms with Crippen LogP contribution in [-0.2, 0) is 4.74 Å². The molecule has 0 aliphatic carbocycles. The summed E-state index contributed by atoms with van der Waals surface area (Å²) in [4.78, 5) is 8.55. The first-order valence-corrected chi connectivity index (χ1v) is 6.06. The number of nitrogens with one attached hydrogen (secondary N) is 1. The van der Waals surface area contributed by atoms with E-state index in [1.165, 1.54) is 0 Å². The molecule has 5 nitrogen and oxygen atoms in total. The second-order valence-corrected chi connectivity index (χ2v) is 3.64. The lowest BCUT2D eigenvalue weighted by Crippen LogP contribution is -2.10. The van der Waals surface area contributed by atoms with Gasteiger partial charge < -0.3 is 14.8 Å². The zero-order valence-electron chi connectivity index (χ0n) is 10.8. The molecule has 1 aromatic heterocycles. The van der Waals surface area contributed by atoms with Gasteiger partial charge >= 0.3 is 0 Å². The molecule has 0 aliphatic rings. The molecular weight excluding hydrogens is 218 g/mol. The normalized spacial score (nSPS) is 10.3. The van der Waals surface area contributed by atoms with Crippen LogP contribution in [0, 0.1) is 6.92 Å². The molecule has 5 heteroatoms. The molecule has 0 aromatic carbocycles. The van der Waals surface area contributed by atoms with Crippen molar-refractivity contribution in [2.75, 3.05) is 31.7 Å². The number of nitrogens with zero attached hydrogens (tertiary/aromatic N) is 2. The first-order chi connectivity index (χ1) is 8.26. The Labute approximate surface area is 103 Å². The lowest BCUT2D eigenvalue weighted by atomic mass is 10.4. The number of hydrogen-bond acceptors (Lipinski definition) is 5. The van der Waals surface area contributed by atoms with Crippen LogP contribution in [0.25, 0.3) is 0 Å². The summed E-state index contributed by atoms with van der Waals surface area (Å²) in [5.41, 5.74) is 0.894. The van der Waals surface area contributed by atoms with Gasteiger partial charge in [0.15, 0.2) is 0 Å². The molecule has 1 N–H and O–H groups in total. The van der Waals surface area contributed by atoms with E-state index in [-0.39, 0.29) is 0 Å². The maximum absolute atomic E-state index is 5.49. The average Bonchev–Trinajstić information content (AvgIpc) is 2.31. The maximum Gasteiger partial charge on any atom is 0.226 e. The van der Waals surface area contributed by atoms with Crippen molar-refractivity contribution < 1.29 is 9.47 Å². The summed E-state index contributed by atoms with van der Waals surface area (Å²) in [6, 6.07) is 1.82. The largest absolute Gasteiger partial charge is 0.475 e. The van der Waals surface area contributed by atoms with Crippen LogP contribution in [0.4, 0.5) is 5.95 Å². The van der Waals surface area contributed by atoms with Crippen LogP contribution in [0.3, 0.4) is 0 Å². The van der Waals surface area contributed by atoms with Gasteiger partial charge in [-0.1, -0.05) is 6.92 Å². The molecule has 0 bridgehead atoms. The summed E-state index contributed by atoms with van der Waals surface area (Å²) in [5, 5.41) is 3.14. The van der Waals surface area contributed by atoms with E-state index in [0.29, 0.717) is 31.6 Å². The molecule has 96 valence electrons. The van der Waals surface area contributed by atoms with Gasteiger partial charge in [-0.15, -0.1) is 0 Å². The minimum atomic E-state index is 0.511. The molecule has 0 amide bonds. The molecule has 17 heavy (non-hydrogen) atoms. The van der Waals surface area contributed by atoms with E-state index in [1.54, 1.807) is 0 Å². The maximum atomic E-state index is 5.49. The molecule has 1 aromatic rings. The van der Waals surface area contributed by atoms with Gasteiger partial charge in [0, 0.05) is 24.9 Å². The lowest BCUT2D eigenvalue weighted by Gasteiger charge is -2.08. The molecule has 1 rings (SSSR count). The van der Waals surface area contributed by atoms with E-state index >= 15 is 0 Å². The molecule has 0 aliphatic heterocycles. The van der Waals surface area contributed by atoms with Crippen LogP contribution in [0.15, 0.2) is 6.07 Å². The van der Waals surface area contributed by atoms with Gasteiger partial charge in [-0.3, -0.25) is 0 Å². The van der Waals surface area contributed by atoms with Crippen LogP contribution in [0.2, 0.25) is 0 Å². The monoisotopic (exact) mass is 239 g/mol. The van der Waals surface area contributed by atoms with Crippen molar-refractivity contribution in [3.05, 3.63) is 11.8 Å². The fraction of sp³-hybridized carbons (Fsp3) is 0.667. The average molecular weight is 239 g/mol. The van der Waals surface area contributed by atoms with Crippen LogP contribution >= 0.6 is 0 Å². The fourth-order valence-electron chi connectivity index (χ4n) is 1.28. The highest BCUT2D eigenvalue weighted by atomic mass is 16.5. The zero-order chi connectivity index (χ0) is 12.5. The molecule has 0 radical (unpaired) electrons. The van der Waals surface area contributed by atoms with Crippen LogP contribution < -0.4 is 10.1 Å². The predicted molar refractivity (Wildman–Crippen MR) is 67.5 cm³/mol. The van der Waals surface area contributed by atoms with Gasteiger partial charge in [0.25, 0.3) is 0 Å². The quantitative estimate of drug-likeness (QED) is 0.703. The minimum Gasteiger partial charge on any atom is -0.475 e. The van der Waals surface area contributed by atoms with Crippen molar-refractivity contribution in [2.24, 2.45) is 0 Å². The highest BCUT2D eigenvalue weighted by Gasteiger charge is 2.02. The van der Waals surface area contributed by atoms with Gasteiger partial charge in [0.1, 0.15) is 6.61 Å².